The highest BCUT2D eigenvalue weighted by atomic mass is 35.5. The molecule has 2 aromatic carbocycles. The van der Waals surface area contributed by atoms with Crippen molar-refractivity contribution in [1.82, 2.24) is 0 Å². The van der Waals surface area contributed by atoms with Gasteiger partial charge < -0.3 is 0 Å². The largest absolute Gasteiger partial charge is 0.229 e. The van der Waals surface area contributed by atoms with Crippen LogP contribution in [0.15, 0.2) is 47.4 Å². The molecule has 148 valence electrons. The maximum Gasteiger partial charge on any atom is 0.185 e. The van der Waals surface area contributed by atoms with E-state index in [2.05, 4.69) is 0 Å². The lowest BCUT2D eigenvalue weighted by atomic mass is 10.1. The van der Waals surface area contributed by atoms with E-state index in [0.29, 0.717) is 11.1 Å². The Kier molecular flexibility index (Phi) is 6.99. The van der Waals surface area contributed by atoms with Crippen molar-refractivity contribution < 1.29 is 25.6 Å². The molecule has 1 unspecified atom stereocenters. The van der Waals surface area contributed by atoms with Crippen LogP contribution in [0.4, 0.5) is 8.78 Å². The van der Waals surface area contributed by atoms with Crippen molar-refractivity contribution in [2.24, 2.45) is 0 Å². The first-order chi connectivity index (χ1) is 12.5. The number of halogens is 3. The minimum Gasteiger partial charge on any atom is -0.229 e. The maximum atomic E-state index is 13.6. The number of unbranched alkanes of at least 4 members (excludes halogenated alkanes) is 1. The molecular formula is C18H19ClF2O4S2. The smallest absolute Gasteiger partial charge is 0.185 e. The summed E-state index contributed by atoms with van der Waals surface area (Å²) in [5.41, 5.74) is -0.0122. The molecule has 0 heterocycles. The van der Waals surface area contributed by atoms with Gasteiger partial charge in [0, 0.05) is 23.1 Å². The average Bonchev–Trinajstić information content (AvgIpc) is 2.52. The summed E-state index contributed by atoms with van der Waals surface area (Å²) >= 11 is 5.79. The monoisotopic (exact) mass is 436 g/mol. The van der Waals surface area contributed by atoms with Crippen molar-refractivity contribution >= 4 is 31.3 Å². The van der Waals surface area contributed by atoms with E-state index in [0.717, 1.165) is 18.4 Å². The lowest BCUT2D eigenvalue weighted by Gasteiger charge is -2.19. The van der Waals surface area contributed by atoms with Crippen molar-refractivity contribution in [3.63, 3.8) is 0 Å². The summed E-state index contributed by atoms with van der Waals surface area (Å²) in [4.78, 5) is -0.0234. The van der Waals surface area contributed by atoms with Gasteiger partial charge in [0.05, 0.1) is 10.1 Å². The quantitative estimate of drug-likeness (QED) is 0.577. The van der Waals surface area contributed by atoms with Gasteiger partial charge in [0.2, 0.25) is 0 Å². The van der Waals surface area contributed by atoms with Gasteiger partial charge >= 0.3 is 0 Å². The molecule has 0 aliphatic carbocycles. The third-order valence-corrected chi connectivity index (χ3v) is 7.47. The van der Waals surface area contributed by atoms with Crippen LogP contribution in [0.3, 0.4) is 0 Å². The number of hydrogen-bond acceptors (Lipinski definition) is 4. The van der Waals surface area contributed by atoms with Crippen LogP contribution >= 0.6 is 11.6 Å². The van der Waals surface area contributed by atoms with Crippen molar-refractivity contribution in [2.75, 3.05) is 12.0 Å². The molecule has 0 N–H and O–H groups in total. The molecule has 0 aliphatic heterocycles. The summed E-state index contributed by atoms with van der Waals surface area (Å²) in [5, 5.41) is -0.848. The molecule has 0 radical (unpaired) electrons. The molecule has 1 atom stereocenters. The topological polar surface area (TPSA) is 68.3 Å². The summed E-state index contributed by atoms with van der Waals surface area (Å²) in [6, 6.07) is 8.13. The van der Waals surface area contributed by atoms with E-state index in [9.17, 15) is 25.6 Å². The van der Waals surface area contributed by atoms with Crippen LogP contribution < -0.4 is 0 Å². The van der Waals surface area contributed by atoms with E-state index < -0.39 is 36.6 Å². The second kappa shape index (κ2) is 8.67. The highest BCUT2D eigenvalue weighted by Crippen LogP contribution is 2.34. The molecule has 0 amide bonds. The molecule has 0 spiro atoms. The maximum absolute atomic E-state index is 13.6. The molecule has 2 aromatic rings. The number of rotatable bonds is 8. The van der Waals surface area contributed by atoms with Gasteiger partial charge in [-0.1, -0.05) is 18.0 Å². The first-order valence-electron chi connectivity index (χ1n) is 8.12. The summed E-state index contributed by atoms with van der Waals surface area (Å²) in [7, 11) is -7.14. The fourth-order valence-electron chi connectivity index (χ4n) is 2.74. The van der Waals surface area contributed by atoms with Crippen LogP contribution in [0, 0.1) is 11.6 Å². The summed E-state index contributed by atoms with van der Waals surface area (Å²) in [6.07, 6.45) is 1.65. The molecule has 9 heteroatoms. The van der Waals surface area contributed by atoms with Crippen LogP contribution in [0.25, 0.3) is 0 Å². The van der Waals surface area contributed by atoms with Gasteiger partial charge in [0.1, 0.15) is 21.5 Å². The van der Waals surface area contributed by atoms with Gasteiger partial charge in [-0.3, -0.25) is 0 Å². The predicted octanol–water partition coefficient (Wildman–Crippen LogP) is 4.35. The Labute approximate surface area is 163 Å². The Morgan fingerprint density at radius 1 is 0.926 bits per heavy atom. The van der Waals surface area contributed by atoms with E-state index in [-0.39, 0.29) is 35.5 Å². The van der Waals surface area contributed by atoms with Crippen LogP contribution in [-0.4, -0.2) is 28.8 Å². The van der Waals surface area contributed by atoms with Gasteiger partial charge in [-0.05, 0) is 54.8 Å². The molecule has 0 saturated heterocycles. The predicted molar refractivity (Wildman–Crippen MR) is 101 cm³/mol. The third kappa shape index (κ3) is 6.26. The first-order valence-corrected chi connectivity index (χ1v) is 12.1. The van der Waals surface area contributed by atoms with Crippen molar-refractivity contribution in [3.05, 3.63) is 64.7 Å². The summed E-state index contributed by atoms with van der Waals surface area (Å²) < 4.78 is 75.9. The Balaban J connectivity index is 2.37. The fraction of sp³-hybridized carbons (Fsp3) is 0.333. The zero-order valence-electron chi connectivity index (χ0n) is 14.5. The molecule has 0 bridgehead atoms. The normalized spacial score (nSPS) is 13.5. The van der Waals surface area contributed by atoms with Crippen molar-refractivity contribution in [2.45, 2.75) is 29.4 Å². The van der Waals surface area contributed by atoms with E-state index in [1.54, 1.807) is 0 Å². The SMILES string of the molecule is CS(=O)(=O)CCCCC(c1cc(F)cc(F)c1)S(=O)(=O)c1ccc(Cl)cc1. The Morgan fingerprint density at radius 3 is 2.00 bits per heavy atom. The van der Waals surface area contributed by atoms with E-state index >= 15 is 0 Å². The van der Waals surface area contributed by atoms with Crippen molar-refractivity contribution in [1.29, 1.82) is 0 Å². The molecule has 27 heavy (non-hydrogen) atoms. The zero-order valence-corrected chi connectivity index (χ0v) is 16.9. The highest BCUT2D eigenvalue weighted by molar-refractivity contribution is 7.91. The summed E-state index contributed by atoms with van der Waals surface area (Å²) in [5.74, 6) is -1.84. The zero-order chi connectivity index (χ0) is 20.2. The third-order valence-electron chi connectivity index (χ3n) is 4.00. The Bertz CT molecular complexity index is 984. The van der Waals surface area contributed by atoms with E-state index in [1.165, 1.54) is 24.3 Å². The van der Waals surface area contributed by atoms with Gasteiger partial charge in [-0.15, -0.1) is 0 Å². The lowest BCUT2D eigenvalue weighted by Crippen LogP contribution is -2.15. The van der Waals surface area contributed by atoms with Gasteiger partial charge in [0.15, 0.2) is 9.84 Å². The molecular weight excluding hydrogens is 418 g/mol. The molecule has 0 fully saturated rings. The van der Waals surface area contributed by atoms with E-state index in [4.69, 9.17) is 11.6 Å². The first kappa shape index (κ1) is 21.8. The summed E-state index contributed by atoms with van der Waals surface area (Å²) in [6.45, 7) is 0. The molecule has 0 aliphatic rings. The van der Waals surface area contributed by atoms with Crippen LogP contribution in [0.5, 0.6) is 0 Å². The molecule has 2 rings (SSSR count). The Hall–Kier alpha value is -1.51. The van der Waals surface area contributed by atoms with Gasteiger partial charge in [0.25, 0.3) is 0 Å². The molecule has 0 saturated carbocycles. The van der Waals surface area contributed by atoms with Crippen molar-refractivity contribution in [3.8, 4) is 0 Å². The van der Waals surface area contributed by atoms with Gasteiger partial charge in [-0.25, -0.2) is 25.6 Å². The van der Waals surface area contributed by atoms with Crippen LogP contribution in [0.2, 0.25) is 5.02 Å². The lowest BCUT2D eigenvalue weighted by molar-refractivity contribution is 0.558. The number of benzene rings is 2. The molecule has 4 nitrogen and oxygen atoms in total. The molecule has 0 aromatic heterocycles. The number of sulfone groups is 2. The van der Waals surface area contributed by atoms with Crippen LogP contribution in [0.1, 0.15) is 30.1 Å². The average molecular weight is 437 g/mol. The minimum atomic E-state index is -3.96. The second-order valence-corrected chi connectivity index (χ2v) is 11.1. The highest BCUT2D eigenvalue weighted by Gasteiger charge is 2.29. The van der Waals surface area contributed by atoms with Gasteiger partial charge in [-0.2, -0.15) is 0 Å². The van der Waals surface area contributed by atoms with E-state index in [1.807, 2.05) is 0 Å². The number of hydrogen-bond donors (Lipinski definition) is 0. The Morgan fingerprint density at radius 2 is 1.48 bits per heavy atom. The van der Waals surface area contributed by atoms with Crippen LogP contribution in [-0.2, 0) is 19.7 Å². The minimum absolute atomic E-state index is 0.0122. The second-order valence-electron chi connectivity index (χ2n) is 6.32. The fourth-order valence-corrected chi connectivity index (χ4v) is 5.41. The standard InChI is InChI=1S/C18H19ClF2O4S2/c1-26(22,23)9-3-2-4-18(13-10-15(20)12-16(21)11-13)27(24,25)17-7-5-14(19)6-8-17/h5-8,10-12,18H,2-4,9H2,1H3.